The lowest BCUT2D eigenvalue weighted by atomic mass is 10.1. The molecule has 23 heavy (non-hydrogen) atoms. The molecule has 0 aliphatic rings. The van der Waals surface area contributed by atoms with Crippen LogP contribution in [0, 0.1) is 0 Å². The van der Waals surface area contributed by atoms with Gasteiger partial charge < -0.3 is 10.1 Å². The quantitative estimate of drug-likeness (QED) is 0.637. The molecular formula is C20H26BrNO. The molecule has 2 rings (SSSR count). The first kappa shape index (κ1) is 18.0. The summed E-state index contributed by atoms with van der Waals surface area (Å²) in [6.45, 7) is 5.96. The van der Waals surface area contributed by atoms with Crippen molar-refractivity contribution in [2.45, 2.75) is 45.7 Å². The molecule has 0 heterocycles. The van der Waals surface area contributed by atoms with E-state index in [2.05, 4.69) is 71.5 Å². The topological polar surface area (TPSA) is 21.3 Å². The van der Waals surface area contributed by atoms with Crippen molar-refractivity contribution in [2.24, 2.45) is 0 Å². The second kappa shape index (κ2) is 9.74. The Balaban J connectivity index is 1.85. The van der Waals surface area contributed by atoms with Crippen LogP contribution in [0.4, 0.5) is 0 Å². The van der Waals surface area contributed by atoms with Gasteiger partial charge in [0, 0.05) is 22.6 Å². The van der Waals surface area contributed by atoms with Crippen LogP contribution in [-0.4, -0.2) is 12.6 Å². The van der Waals surface area contributed by atoms with Crippen molar-refractivity contribution >= 4 is 15.9 Å². The van der Waals surface area contributed by atoms with Crippen LogP contribution in [-0.2, 0) is 13.0 Å². The van der Waals surface area contributed by atoms with E-state index in [9.17, 15) is 0 Å². The molecule has 0 fully saturated rings. The lowest BCUT2D eigenvalue weighted by molar-refractivity contribution is 0.312. The van der Waals surface area contributed by atoms with E-state index in [0.717, 1.165) is 42.6 Å². The number of hydrogen-bond acceptors (Lipinski definition) is 2. The summed E-state index contributed by atoms with van der Waals surface area (Å²) in [7, 11) is 0. The summed E-state index contributed by atoms with van der Waals surface area (Å²) in [6, 6.07) is 17.3. The summed E-state index contributed by atoms with van der Waals surface area (Å²) in [6.07, 6.45) is 3.26. The van der Waals surface area contributed by atoms with Crippen molar-refractivity contribution < 1.29 is 4.74 Å². The zero-order valence-electron chi connectivity index (χ0n) is 14.0. The van der Waals surface area contributed by atoms with Gasteiger partial charge in [0.25, 0.3) is 0 Å². The molecule has 1 atom stereocenters. The summed E-state index contributed by atoms with van der Waals surface area (Å²) in [5.74, 6) is 0.984. The van der Waals surface area contributed by atoms with E-state index < -0.39 is 0 Å². The third-order valence-corrected chi connectivity index (χ3v) is 4.33. The monoisotopic (exact) mass is 375 g/mol. The molecule has 124 valence electrons. The number of halogens is 1. The van der Waals surface area contributed by atoms with Crippen LogP contribution in [0.1, 0.15) is 37.8 Å². The maximum atomic E-state index is 5.84. The summed E-state index contributed by atoms with van der Waals surface area (Å²) in [5, 5.41) is 3.61. The third kappa shape index (κ3) is 6.36. The predicted octanol–water partition coefficient (Wildman–Crippen LogP) is 5.35. The van der Waals surface area contributed by atoms with Crippen LogP contribution >= 0.6 is 15.9 Å². The van der Waals surface area contributed by atoms with Crippen LogP contribution in [0.15, 0.2) is 53.0 Å². The highest BCUT2D eigenvalue weighted by Gasteiger charge is 2.07. The largest absolute Gasteiger partial charge is 0.493 e. The standard InChI is InChI=1S/C20H26BrNO/c1-3-13-23-20-12-11-19(21)14-18(20)15-22-16(2)9-10-17-7-5-4-6-8-17/h4-8,11-12,14,16,22H,3,9-10,13,15H2,1-2H3/t16-/m1/s1. The van der Waals surface area contributed by atoms with Gasteiger partial charge in [0.15, 0.2) is 0 Å². The van der Waals surface area contributed by atoms with E-state index in [4.69, 9.17) is 4.74 Å². The van der Waals surface area contributed by atoms with E-state index in [-0.39, 0.29) is 0 Å². The molecule has 0 amide bonds. The fourth-order valence-corrected chi connectivity index (χ4v) is 2.86. The Morgan fingerprint density at radius 3 is 2.65 bits per heavy atom. The van der Waals surface area contributed by atoms with Gasteiger partial charge in [-0.1, -0.05) is 53.2 Å². The highest BCUT2D eigenvalue weighted by atomic mass is 79.9. The van der Waals surface area contributed by atoms with Crippen LogP contribution in [0.25, 0.3) is 0 Å². The van der Waals surface area contributed by atoms with Gasteiger partial charge >= 0.3 is 0 Å². The van der Waals surface area contributed by atoms with Gasteiger partial charge in [0.05, 0.1) is 6.61 Å². The van der Waals surface area contributed by atoms with Crippen molar-refractivity contribution in [3.05, 3.63) is 64.1 Å². The minimum atomic E-state index is 0.466. The fraction of sp³-hybridized carbons (Fsp3) is 0.400. The zero-order valence-corrected chi connectivity index (χ0v) is 15.6. The smallest absolute Gasteiger partial charge is 0.123 e. The molecule has 0 unspecified atom stereocenters. The van der Waals surface area contributed by atoms with E-state index >= 15 is 0 Å². The Bertz CT molecular complexity index is 585. The number of rotatable bonds is 9. The molecule has 0 radical (unpaired) electrons. The van der Waals surface area contributed by atoms with Crippen molar-refractivity contribution in [1.29, 1.82) is 0 Å². The van der Waals surface area contributed by atoms with Crippen LogP contribution in [0.5, 0.6) is 5.75 Å². The minimum absolute atomic E-state index is 0.466. The maximum Gasteiger partial charge on any atom is 0.123 e. The van der Waals surface area contributed by atoms with Gasteiger partial charge in [0.1, 0.15) is 5.75 Å². The number of nitrogens with one attached hydrogen (secondary N) is 1. The van der Waals surface area contributed by atoms with Crippen molar-refractivity contribution in [2.75, 3.05) is 6.61 Å². The van der Waals surface area contributed by atoms with Gasteiger partial charge in [-0.2, -0.15) is 0 Å². The number of ether oxygens (including phenoxy) is 1. The summed E-state index contributed by atoms with van der Waals surface area (Å²) >= 11 is 3.55. The zero-order chi connectivity index (χ0) is 16.5. The molecule has 0 saturated heterocycles. The molecule has 0 aromatic heterocycles. The number of benzene rings is 2. The van der Waals surface area contributed by atoms with Gasteiger partial charge in [0.2, 0.25) is 0 Å². The van der Waals surface area contributed by atoms with Crippen molar-refractivity contribution in [3.8, 4) is 5.75 Å². The number of hydrogen-bond donors (Lipinski definition) is 1. The lowest BCUT2D eigenvalue weighted by Gasteiger charge is -2.16. The summed E-state index contributed by atoms with van der Waals surface area (Å²) in [5.41, 5.74) is 2.61. The van der Waals surface area contributed by atoms with Gasteiger partial charge in [-0.3, -0.25) is 0 Å². The first-order valence-corrected chi connectivity index (χ1v) is 9.17. The molecule has 3 heteroatoms. The van der Waals surface area contributed by atoms with E-state index in [1.165, 1.54) is 11.1 Å². The molecule has 2 nitrogen and oxygen atoms in total. The fourth-order valence-electron chi connectivity index (χ4n) is 2.45. The Labute approximate surface area is 148 Å². The van der Waals surface area contributed by atoms with Crippen LogP contribution in [0.2, 0.25) is 0 Å². The molecule has 0 spiro atoms. The molecule has 0 saturated carbocycles. The first-order valence-electron chi connectivity index (χ1n) is 8.37. The molecule has 0 aliphatic carbocycles. The second-order valence-corrected chi connectivity index (χ2v) is 6.82. The Morgan fingerprint density at radius 1 is 1.13 bits per heavy atom. The van der Waals surface area contributed by atoms with E-state index in [1.807, 2.05) is 12.1 Å². The molecule has 0 bridgehead atoms. The minimum Gasteiger partial charge on any atom is -0.493 e. The van der Waals surface area contributed by atoms with Crippen molar-refractivity contribution in [3.63, 3.8) is 0 Å². The summed E-state index contributed by atoms with van der Waals surface area (Å²) in [4.78, 5) is 0. The lowest BCUT2D eigenvalue weighted by Crippen LogP contribution is -2.26. The average molecular weight is 376 g/mol. The van der Waals surface area contributed by atoms with Gasteiger partial charge in [-0.05, 0) is 49.9 Å². The normalized spacial score (nSPS) is 12.1. The first-order chi connectivity index (χ1) is 11.2. The highest BCUT2D eigenvalue weighted by molar-refractivity contribution is 9.10. The van der Waals surface area contributed by atoms with Gasteiger partial charge in [-0.25, -0.2) is 0 Å². The predicted molar refractivity (Wildman–Crippen MR) is 101 cm³/mol. The highest BCUT2D eigenvalue weighted by Crippen LogP contribution is 2.23. The van der Waals surface area contributed by atoms with Crippen molar-refractivity contribution in [1.82, 2.24) is 5.32 Å². The molecule has 1 N–H and O–H groups in total. The van der Waals surface area contributed by atoms with Crippen LogP contribution < -0.4 is 10.1 Å². The van der Waals surface area contributed by atoms with E-state index in [0.29, 0.717) is 6.04 Å². The molecular weight excluding hydrogens is 350 g/mol. The SMILES string of the molecule is CCCOc1ccc(Br)cc1CN[C@H](C)CCc1ccccc1. The van der Waals surface area contributed by atoms with E-state index in [1.54, 1.807) is 0 Å². The Hall–Kier alpha value is -1.32. The number of aryl methyl sites for hydroxylation is 1. The Kier molecular flexibility index (Phi) is 7.63. The molecule has 0 aliphatic heterocycles. The van der Waals surface area contributed by atoms with Crippen LogP contribution in [0.3, 0.4) is 0 Å². The van der Waals surface area contributed by atoms with Gasteiger partial charge in [-0.15, -0.1) is 0 Å². The summed E-state index contributed by atoms with van der Waals surface area (Å²) < 4.78 is 6.93. The Morgan fingerprint density at radius 2 is 1.91 bits per heavy atom. The third-order valence-electron chi connectivity index (χ3n) is 3.83. The molecule has 2 aromatic carbocycles. The maximum absolute atomic E-state index is 5.84. The second-order valence-electron chi connectivity index (χ2n) is 5.91. The average Bonchev–Trinajstić information content (AvgIpc) is 2.58. The molecule has 2 aromatic rings.